The highest BCUT2D eigenvalue weighted by atomic mass is 16.3. The zero-order chi connectivity index (χ0) is 10.3. The maximum Gasteiger partial charge on any atom is 0.0518 e. The highest BCUT2D eigenvalue weighted by Gasteiger charge is 2.22. The molecule has 0 radical (unpaired) electrons. The van der Waals surface area contributed by atoms with Gasteiger partial charge in [0.2, 0.25) is 0 Å². The lowest BCUT2D eigenvalue weighted by atomic mass is 9.92. The van der Waals surface area contributed by atoms with Gasteiger partial charge in [-0.15, -0.1) is 0 Å². The predicted molar refractivity (Wildman–Crippen MR) is 54.7 cm³/mol. The molecule has 0 bridgehead atoms. The molecule has 0 amide bonds. The minimum atomic E-state index is -0.386. The Morgan fingerprint density at radius 1 is 1.15 bits per heavy atom. The Balaban J connectivity index is 3.83. The van der Waals surface area contributed by atoms with Crippen molar-refractivity contribution in [2.75, 3.05) is 19.8 Å². The zero-order valence-electron chi connectivity index (χ0n) is 9.01. The molecule has 0 atom stereocenters. The first kappa shape index (κ1) is 12.9. The Bertz CT molecular complexity index is 120. The minimum Gasteiger partial charge on any atom is -0.396 e. The van der Waals surface area contributed by atoms with Crippen molar-refractivity contribution in [2.45, 2.75) is 39.7 Å². The van der Waals surface area contributed by atoms with Crippen LogP contribution in [0.2, 0.25) is 0 Å². The summed E-state index contributed by atoms with van der Waals surface area (Å²) in [4.78, 5) is 0. The average molecular weight is 189 g/mol. The molecule has 13 heavy (non-hydrogen) atoms. The number of rotatable bonds is 7. The van der Waals surface area contributed by atoms with Crippen LogP contribution in [-0.2, 0) is 0 Å². The van der Waals surface area contributed by atoms with Crippen molar-refractivity contribution in [3.05, 3.63) is 0 Å². The van der Waals surface area contributed by atoms with E-state index in [9.17, 15) is 0 Å². The van der Waals surface area contributed by atoms with Crippen LogP contribution in [0, 0.1) is 5.41 Å². The number of nitrogens with one attached hydrogen (secondary N) is 1. The summed E-state index contributed by atoms with van der Waals surface area (Å²) >= 11 is 0. The molecule has 3 N–H and O–H groups in total. The summed E-state index contributed by atoms with van der Waals surface area (Å²) in [6.07, 6.45) is 2.17. The van der Waals surface area contributed by atoms with Crippen molar-refractivity contribution >= 4 is 0 Å². The topological polar surface area (TPSA) is 52.5 Å². The summed E-state index contributed by atoms with van der Waals surface area (Å²) < 4.78 is 0. The summed E-state index contributed by atoms with van der Waals surface area (Å²) in [5.41, 5.74) is -0.386. The molecular formula is C10H23NO2. The summed E-state index contributed by atoms with van der Waals surface area (Å²) in [5, 5.41) is 21.4. The molecule has 0 fully saturated rings. The second-order valence-electron chi connectivity index (χ2n) is 4.02. The first-order valence-corrected chi connectivity index (χ1v) is 5.07. The minimum absolute atomic E-state index is 0.0245. The summed E-state index contributed by atoms with van der Waals surface area (Å²) in [7, 11) is 0. The number of hydrogen-bond acceptors (Lipinski definition) is 3. The molecule has 0 aromatic rings. The molecule has 0 saturated heterocycles. The maximum absolute atomic E-state index is 9.04. The molecule has 0 rings (SSSR count). The van der Waals surface area contributed by atoms with E-state index in [0.29, 0.717) is 12.6 Å². The van der Waals surface area contributed by atoms with Crippen molar-refractivity contribution in [3.63, 3.8) is 0 Å². The van der Waals surface area contributed by atoms with Gasteiger partial charge < -0.3 is 15.5 Å². The van der Waals surface area contributed by atoms with Crippen LogP contribution >= 0.6 is 0 Å². The van der Waals surface area contributed by atoms with Crippen LogP contribution in [0.3, 0.4) is 0 Å². The fourth-order valence-electron chi connectivity index (χ4n) is 1.13. The molecule has 0 saturated carbocycles. The van der Waals surface area contributed by atoms with Crippen LogP contribution in [-0.4, -0.2) is 36.0 Å². The molecule has 0 aliphatic rings. The third kappa shape index (κ3) is 4.60. The van der Waals surface area contributed by atoms with Gasteiger partial charge >= 0.3 is 0 Å². The summed E-state index contributed by atoms with van der Waals surface area (Å²) in [5.74, 6) is 0. The normalized spacial score (nSPS) is 12.5. The molecule has 0 heterocycles. The molecule has 0 spiro atoms. The van der Waals surface area contributed by atoms with E-state index in [0.717, 1.165) is 12.8 Å². The molecule has 80 valence electrons. The van der Waals surface area contributed by atoms with E-state index in [1.54, 1.807) is 0 Å². The van der Waals surface area contributed by atoms with Gasteiger partial charge in [0.15, 0.2) is 0 Å². The molecule has 0 aliphatic carbocycles. The van der Waals surface area contributed by atoms with Crippen molar-refractivity contribution in [1.82, 2.24) is 5.32 Å². The SMILES string of the molecule is CCC(CC)NCC(C)(CO)CO. The van der Waals surface area contributed by atoms with Crippen molar-refractivity contribution in [1.29, 1.82) is 0 Å². The average Bonchev–Trinajstić information content (AvgIpc) is 2.19. The zero-order valence-corrected chi connectivity index (χ0v) is 9.01. The van der Waals surface area contributed by atoms with Gasteiger partial charge in [-0.25, -0.2) is 0 Å². The van der Waals surface area contributed by atoms with Gasteiger partial charge in [-0.3, -0.25) is 0 Å². The Morgan fingerprint density at radius 3 is 1.92 bits per heavy atom. The number of aliphatic hydroxyl groups is 2. The second-order valence-corrected chi connectivity index (χ2v) is 4.02. The second kappa shape index (κ2) is 6.35. The quantitative estimate of drug-likeness (QED) is 0.554. The fourth-order valence-corrected chi connectivity index (χ4v) is 1.13. The van der Waals surface area contributed by atoms with Gasteiger partial charge in [0.05, 0.1) is 13.2 Å². The number of aliphatic hydroxyl groups excluding tert-OH is 2. The Hall–Kier alpha value is -0.120. The van der Waals surface area contributed by atoms with Crippen LogP contribution in [0.4, 0.5) is 0 Å². The van der Waals surface area contributed by atoms with E-state index >= 15 is 0 Å². The highest BCUT2D eigenvalue weighted by molar-refractivity contribution is 4.77. The van der Waals surface area contributed by atoms with Gasteiger partial charge in [-0.05, 0) is 12.8 Å². The van der Waals surface area contributed by atoms with E-state index in [2.05, 4.69) is 19.2 Å². The van der Waals surface area contributed by atoms with Gasteiger partial charge in [0, 0.05) is 18.0 Å². The van der Waals surface area contributed by atoms with Crippen molar-refractivity contribution < 1.29 is 10.2 Å². The predicted octanol–water partition coefficient (Wildman–Crippen LogP) is 0.756. The van der Waals surface area contributed by atoms with E-state index in [1.165, 1.54) is 0 Å². The highest BCUT2D eigenvalue weighted by Crippen LogP contribution is 2.13. The van der Waals surface area contributed by atoms with E-state index in [-0.39, 0.29) is 18.6 Å². The van der Waals surface area contributed by atoms with Gasteiger partial charge in [0.1, 0.15) is 0 Å². The molecular weight excluding hydrogens is 166 g/mol. The lowest BCUT2D eigenvalue weighted by Gasteiger charge is -2.27. The molecule has 3 heteroatoms. The van der Waals surface area contributed by atoms with Crippen LogP contribution < -0.4 is 5.32 Å². The smallest absolute Gasteiger partial charge is 0.0518 e. The molecule has 3 nitrogen and oxygen atoms in total. The summed E-state index contributed by atoms with van der Waals surface area (Å²) in [6.45, 7) is 6.87. The summed E-state index contributed by atoms with van der Waals surface area (Å²) in [6, 6.07) is 0.498. The monoisotopic (exact) mass is 189 g/mol. The van der Waals surface area contributed by atoms with E-state index in [1.807, 2.05) is 6.92 Å². The van der Waals surface area contributed by atoms with E-state index < -0.39 is 0 Å². The third-order valence-corrected chi connectivity index (χ3v) is 2.57. The van der Waals surface area contributed by atoms with E-state index in [4.69, 9.17) is 10.2 Å². The Kier molecular flexibility index (Phi) is 6.29. The molecule has 0 aromatic carbocycles. The van der Waals surface area contributed by atoms with Crippen molar-refractivity contribution in [3.8, 4) is 0 Å². The lowest BCUT2D eigenvalue weighted by Crippen LogP contribution is -2.42. The van der Waals surface area contributed by atoms with Gasteiger partial charge in [-0.2, -0.15) is 0 Å². The largest absolute Gasteiger partial charge is 0.396 e. The standard InChI is InChI=1S/C10H23NO2/c1-4-9(5-2)11-6-10(3,7-12)8-13/h9,11-13H,4-8H2,1-3H3. The van der Waals surface area contributed by atoms with Gasteiger partial charge in [0.25, 0.3) is 0 Å². The number of hydrogen-bond donors (Lipinski definition) is 3. The molecule has 0 aliphatic heterocycles. The Morgan fingerprint density at radius 2 is 1.62 bits per heavy atom. The first-order chi connectivity index (χ1) is 6.11. The van der Waals surface area contributed by atoms with Crippen LogP contribution in [0.5, 0.6) is 0 Å². The first-order valence-electron chi connectivity index (χ1n) is 5.07. The van der Waals surface area contributed by atoms with Crippen LogP contribution in [0.25, 0.3) is 0 Å². The molecule has 0 aromatic heterocycles. The van der Waals surface area contributed by atoms with Crippen LogP contribution in [0.1, 0.15) is 33.6 Å². The maximum atomic E-state index is 9.04. The fraction of sp³-hybridized carbons (Fsp3) is 1.00. The third-order valence-electron chi connectivity index (χ3n) is 2.57. The van der Waals surface area contributed by atoms with Gasteiger partial charge in [-0.1, -0.05) is 20.8 Å². The van der Waals surface area contributed by atoms with Crippen molar-refractivity contribution in [2.24, 2.45) is 5.41 Å². The molecule has 0 unspecified atom stereocenters. The lowest BCUT2D eigenvalue weighted by molar-refractivity contribution is 0.0670. The Labute approximate surface area is 81.2 Å². The van der Waals surface area contributed by atoms with Crippen LogP contribution in [0.15, 0.2) is 0 Å².